The lowest BCUT2D eigenvalue weighted by atomic mass is 9.98. The molecule has 2 saturated heterocycles. The van der Waals surface area contributed by atoms with Crippen LogP contribution in [0.15, 0.2) is 0 Å². The Morgan fingerprint density at radius 3 is 2.04 bits per heavy atom. The van der Waals surface area contributed by atoms with Crippen molar-refractivity contribution >= 4 is 24.2 Å². The fourth-order valence-corrected chi connectivity index (χ4v) is 3.12. The molecule has 0 aliphatic carbocycles. The molecule has 2 aliphatic rings. The number of nitrogens with zero attached hydrogens (tertiary/aromatic N) is 3. The largest absolute Gasteiger partial charge is 0.338 e. The summed E-state index contributed by atoms with van der Waals surface area (Å²) in [7, 11) is 0. The highest BCUT2D eigenvalue weighted by Crippen LogP contribution is 2.12. The highest BCUT2D eigenvalue weighted by atomic mass is 35.5. The van der Waals surface area contributed by atoms with Crippen LogP contribution in [0.1, 0.15) is 33.1 Å². The summed E-state index contributed by atoms with van der Waals surface area (Å²) in [6.07, 6.45) is 3.30. The standard InChI is InChI=1S/C16H30N4O2.ClH/c1-3-13(2)15(17)16(22)20-10-8-19(9-11-20)14(21)12-18-6-4-5-7-18;/h13,15H,3-12,17H2,1-2H3;1H. The lowest BCUT2D eigenvalue weighted by Gasteiger charge is -2.37. The smallest absolute Gasteiger partial charge is 0.239 e. The van der Waals surface area contributed by atoms with Gasteiger partial charge in [0, 0.05) is 26.2 Å². The fraction of sp³-hybridized carbons (Fsp3) is 0.875. The topological polar surface area (TPSA) is 69.9 Å². The molecule has 0 aromatic rings. The van der Waals surface area contributed by atoms with Gasteiger partial charge in [-0.25, -0.2) is 0 Å². The third kappa shape index (κ3) is 5.33. The highest BCUT2D eigenvalue weighted by Gasteiger charge is 2.29. The summed E-state index contributed by atoms with van der Waals surface area (Å²) in [5.74, 6) is 0.420. The van der Waals surface area contributed by atoms with E-state index in [0.717, 1.165) is 19.5 Å². The predicted molar refractivity (Wildman–Crippen MR) is 93.5 cm³/mol. The monoisotopic (exact) mass is 346 g/mol. The maximum atomic E-state index is 12.3. The molecule has 2 rings (SSSR count). The third-order valence-electron chi connectivity index (χ3n) is 5.04. The SMILES string of the molecule is CCC(C)C(N)C(=O)N1CCN(C(=O)CN2CCCC2)CC1.Cl. The van der Waals surface area contributed by atoms with Gasteiger partial charge in [-0.3, -0.25) is 14.5 Å². The number of carbonyl (C=O) groups is 2. The number of amides is 2. The fourth-order valence-electron chi connectivity index (χ4n) is 3.12. The third-order valence-corrected chi connectivity index (χ3v) is 5.04. The minimum Gasteiger partial charge on any atom is -0.338 e. The van der Waals surface area contributed by atoms with E-state index in [1.807, 2.05) is 23.6 Å². The van der Waals surface area contributed by atoms with Crippen molar-refractivity contribution in [3.05, 3.63) is 0 Å². The van der Waals surface area contributed by atoms with Crippen molar-refractivity contribution in [2.24, 2.45) is 11.7 Å². The molecule has 2 fully saturated rings. The van der Waals surface area contributed by atoms with E-state index in [9.17, 15) is 9.59 Å². The van der Waals surface area contributed by atoms with Gasteiger partial charge in [0.05, 0.1) is 12.6 Å². The summed E-state index contributed by atoms with van der Waals surface area (Å²) in [6, 6.07) is -0.420. The van der Waals surface area contributed by atoms with Crippen molar-refractivity contribution in [2.45, 2.75) is 39.2 Å². The molecule has 2 amide bonds. The Kier molecular flexibility index (Phi) is 8.29. The molecule has 2 unspecified atom stereocenters. The van der Waals surface area contributed by atoms with Crippen LogP contribution in [0, 0.1) is 5.92 Å². The minimum absolute atomic E-state index is 0. The molecule has 0 aromatic heterocycles. The Balaban J connectivity index is 0.00000264. The molecule has 0 spiro atoms. The Labute approximate surface area is 145 Å². The van der Waals surface area contributed by atoms with Gasteiger partial charge in [-0.05, 0) is 31.8 Å². The second-order valence-corrected chi connectivity index (χ2v) is 6.60. The first kappa shape index (κ1) is 20.2. The highest BCUT2D eigenvalue weighted by molar-refractivity contribution is 5.85. The van der Waals surface area contributed by atoms with Crippen molar-refractivity contribution in [2.75, 3.05) is 45.8 Å². The molecule has 2 N–H and O–H groups in total. The Morgan fingerprint density at radius 1 is 1.00 bits per heavy atom. The van der Waals surface area contributed by atoms with Crippen molar-refractivity contribution in [1.29, 1.82) is 0 Å². The van der Waals surface area contributed by atoms with Crippen LogP contribution in [0.25, 0.3) is 0 Å². The molecule has 23 heavy (non-hydrogen) atoms. The van der Waals surface area contributed by atoms with Crippen LogP contribution in [0.4, 0.5) is 0 Å². The van der Waals surface area contributed by atoms with Gasteiger partial charge in [-0.15, -0.1) is 12.4 Å². The number of nitrogens with two attached hydrogens (primary N) is 1. The van der Waals surface area contributed by atoms with Crippen LogP contribution in [-0.2, 0) is 9.59 Å². The molecular weight excluding hydrogens is 316 g/mol. The number of hydrogen-bond acceptors (Lipinski definition) is 4. The first-order valence-corrected chi connectivity index (χ1v) is 8.57. The molecule has 0 bridgehead atoms. The zero-order valence-electron chi connectivity index (χ0n) is 14.4. The van der Waals surface area contributed by atoms with Gasteiger partial charge < -0.3 is 15.5 Å². The molecule has 2 atom stereocenters. The lowest BCUT2D eigenvalue weighted by Crippen LogP contribution is -2.56. The first-order valence-electron chi connectivity index (χ1n) is 8.57. The zero-order chi connectivity index (χ0) is 16.1. The molecule has 2 aliphatic heterocycles. The van der Waals surface area contributed by atoms with Crippen LogP contribution in [-0.4, -0.2) is 78.4 Å². The molecule has 7 heteroatoms. The van der Waals surface area contributed by atoms with E-state index in [1.54, 1.807) is 0 Å². The van der Waals surface area contributed by atoms with Gasteiger partial charge in [0.1, 0.15) is 0 Å². The summed E-state index contributed by atoms with van der Waals surface area (Å²) in [4.78, 5) is 30.5. The summed E-state index contributed by atoms with van der Waals surface area (Å²) in [5, 5.41) is 0. The van der Waals surface area contributed by atoms with Gasteiger partial charge in [0.2, 0.25) is 11.8 Å². The molecule has 2 heterocycles. The summed E-state index contributed by atoms with van der Waals surface area (Å²) < 4.78 is 0. The van der Waals surface area contributed by atoms with E-state index < -0.39 is 6.04 Å². The summed E-state index contributed by atoms with van der Waals surface area (Å²) in [5.41, 5.74) is 6.03. The minimum atomic E-state index is -0.420. The van der Waals surface area contributed by atoms with Crippen LogP contribution in [0.5, 0.6) is 0 Å². The van der Waals surface area contributed by atoms with Crippen LogP contribution >= 0.6 is 12.4 Å². The maximum Gasteiger partial charge on any atom is 0.239 e. The molecular formula is C16H31ClN4O2. The normalized spacial score (nSPS) is 21.7. The van der Waals surface area contributed by atoms with Gasteiger partial charge in [-0.1, -0.05) is 20.3 Å². The number of rotatable bonds is 5. The van der Waals surface area contributed by atoms with Crippen LogP contribution in [0.3, 0.4) is 0 Å². The lowest BCUT2D eigenvalue weighted by molar-refractivity contribution is -0.141. The maximum absolute atomic E-state index is 12.3. The Hall–Kier alpha value is -0.850. The van der Waals surface area contributed by atoms with E-state index in [1.165, 1.54) is 12.8 Å². The van der Waals surface area contributed by atoms with Crippen molar-refractivity contribution in [3.8, 4) is 0 Å². The quantitative estimate of drug-likeness (QED) is 0.789. The zero-order valence-corrected chi connectivity index (χ0v) is 15.2. The van der Waals surface area contributed by atoms with Gasteiger partial charge >= 0.3 is 0 Å². The number of carbonyl (C=O) groups excluding carboxylic acids is 2. The van der Waals surface area contributed by atoms with Gasteiger partial charge in [0.15, 0.2) is 0 Å². The van der Waals surface area contributed by atoms with Crippen molar-refractivity contribution in [1.82, 2.24) is 14.7 Å². The van der Waals surface area contributed by atoms with Crippen molar-refractivity contribution in [3.63, 3.8) is 0 Å². The Morgan fingerprint density at radius 2 is 1.52 bits per heavy atom. The number of likely N-dealkylation sites (tertiary alicyclic amines) is 1. The average molecular weight is 347 g/mol. The second-order valence-electron chi connectivity index (χ2n) is 6.60. The average Bonchev–Trinajstić information content (AvgIpc) is 3.05. The van der Waals surface area contributed by atoms with Gasteiger partial charge in [-0.2, -0.15) is 0 Å². The first-order chi connectivity index (χ1) is 10.5. The summed E-state index contributed by atoms with van der Waals surface area (Å²) >= 11 is 0. The van der Waals surface area contributed by atoms with E-state index in [0.29, 0.717) is 32.7 Å². The van der Waals surface area contributed by atoms with Crippen molar-refractivity contribution < 1.29 is 9.59 Å². The number of halogens is 1. The van der Waals surface area contributed by atoms with E-state index in [-0.39, 0.29) is 30.1 Å². The molecule has 134 valence electrons. The van der Waals surface area contributed by atoms with Crippen LogP contribution < -0.4 is 5.73 Å². The summed E-state index contributed by atoms with van der Waals surface area (Å²) in [6.45, 7) is 9.13. The van der Waals surface area contributed by atoms with E-state index >= 15 is 0 Å². The molecule has 6 nitrogen and oxygen atoms in total. The second kappa shape index (κ2) is 9.45. The molecule has 0 aromatic carbocycles. The predicted octanol–water partition coefficient (Wildman–Crippen LogP) is 0.548. The Bertz CT molecular complexity index is 394. The van der Waals surface area contributed by atoms with E-state index in [4.69, 9.17) is 5.73 Å². The van der Waals surface area contributed by atoms with E-state index in [2.05, 4.69) is 4.90 Å². The number of hydrogen-bond donors (Lipinski definition) is 1. The van der Waals surface area contributed by atoms with Gasteiger partial charge in [0.25, 0.3) is 0 Å². The van der Waals surface area contributed by atoms with Crippen LogP contribution in [0.2, 0.25) is 0 Å². The number of piperazine rings is 1. The molecule has 0 saturated carbocycles. The molecule has 0 radical (unpaired) electrons.